The van der Waals surface area contributed by atoms with Crippen molar-refractivity contribution in [2.75, 3.05) is 0 Å². The van der Waals surface area contributed by atoms with Gasteiger partial charge in [0.15, 0.2) is 0 Å². The zero-order valence-electron chi connectivity index (χ0n) is 8.86. The van der Waals surface area contributed by atoms with Crippen LogP contribution >= 0.6 is 0 Å². The van der Waals surface area contributed by atoms with Crippen molar-refractivity contribution in [3.8, 4) is 0 Å². The van der Waals surface area contributed by atoms with Gasteiger partial charge in [-0.1, -0.05) is 23.8 Å². The van der Waals surface area contributed by atoms with E-state index < -0.39 is 0 Å². The zero-order valence-corrected chi connectivity index (χ0v) is 8.86. The number of nitrogens with one attached hydrogen (secondary N) is 1. The zero-order chi connectivity index (χ0) is 9.78. The van der Waals surface area contributed by atoms with Crippen LogP contribution in [0.4, 0.5) is 0 Å². The maximum absolute atomic E-state index is 3.82. The van der Waals surface area contributed by atoms with Crippen molar-refractivity contribution in [2.24, 2.45) is 0 Å². The average molecular weight is 166 g/mol. The highest BCUT2D eigenvalue weighted by atomic mass is 14.9. The molecule has 0 heterocycles. The van der Waals surface area contributed by atoms with Gasteiger partial charge < -0.3 is 5.32 Å². The molecule has 0 aliphatic carbocycles. The van der Waals surface area contributed by atoms with Gasteiger partial charge in [0, 0.05) is 12.1 Å². The molecule has 0 aliphatic heterocycles. The largest absolute Gasteiger partial charge is 0.304 e. The Morgan fingerprint density at radius 3 is 2.08 bits per heavy atom. The summed E-state index contributed by atoms with van der Waals surface area (Å²) in [5, 5.41) is 3.29. The van der Waals surface area contributed by atoms with E-state index >= 15 is 0 Å². The van der Waals surface area contributed by atoms with Crippen molar-refractivity contribution in [1.29, 1.82) is 0 Å². The lowest BCUT2D eigenvalue weighted by atomic mass is 10.1. The molecule has 69 valence electrons. The molecule has 1 radical (unpaired) electrons. The molecule has 0 aliphatic rings. The van der Waals surface area contributed by atoms with Gasteiger partial charge in [-0.15, -0.1) is 0 Å². The molecule has 1 heteroatoms. The molecule has 0 saturated carbocycles. The molecule has 0 unspecified atom stereocenters. The van der Waals surface area contributed by atoms with Crippen LogP contribution < -0.4 is 5.32 Å². The molecular weight excluding hydrogens is 146 g/mol. The van der Waals surface area contributed by atoms with E-state index in [9.17, 15) is 0 Å². The standard InChI is InChI=1S/C11H20N/c1-9(2)7-10(3)8-12-11(4,5)6/h7-8,12H,1H2,2-6H3. The fourth-order valence-electron chi connectivity index (χ4n) is 0.761. The summed E-state index contributed by atoms with van der Waals surface area (Å²) in [7, 11) is 0. The Bertz CT molecular complexity index is 182. The second kappa shape index (κ2) is 4.46. The maximum atomic E-state index is 3.82. The van der Waals surface area contributed by atoms with Crippen molar-refractivity contribution >= 4 is 0 Å². The van der Waals surface area contributed by atoms with E-state index in [-0.39, 0.29) is 5.54 Å². The van der Waals surface area contributed by atoms with E-state index in [1.54, 1.807) is 0 Å². The molecule has 12 heavy (non-hydrogen) atoms. The van der Waals surface area contributed by atoms with Gasteiger partial charge in [-0.3, -0.25) is 0 Å². The lowest BCUT2D eigenvalue weighted by Gasteiger charge is -2.20. The first-order chi connectivity index (χ1) is 5.31. The van der Waals surface area contributed by atoms with E-state index in [4.69, 9.17) is 0 Å². The van der Waals surface area contributed by atoms with Gasteiger partial charge in [0.1, 0.15) is 0 Å². The minimum Gasteiger partial charge on any atom is -0.304 e. The minimum absolute atomic E-state index is 0.143. The summed E-state index contributed by atoms with van der Waals surface area (Å²) in [5.74, 6) is 0. The van der Waals surface area contributed by atoms with E-state index in [0.717, 1.165) is 5.57 Å². The van der Waals surface area contributed by atoms with Gasteiger partial charge in [-0.05, 0) is 34.6 Å². The van der Waals surface area contributed by atoms with Crippen molar-refractivity contribution < 1.29 is 0 Å². The monoisotopic (exact) mass is 166 g/mol. The molecule has 0 fully saturated rings. The maximum Gasteiger partial charge on any atom is 0.0478 e. The third kappa shape index (κ3) is 7.55. The summed E-state index contributed by atoms with van der Waals surface area (Å²) in [6, 6.07) is 0. The quantitative estimate of drug-likeness (QED) is 0.635. The van der Waals surface area contributed by atoms with Gasteiger partial charge in [-0.2, -0.15) is 0 Å². The van der Waals surface area contributed by atoms with Gasteiger partial charge in [-0.25, -0.2) is 0 Å². The van der Waals surface area contributed by atoms with Gasteiger partial charge in [0.25, 0.3) is 0 Å². The Morgan fingerprint density at radius 2 is 1.75 bits per heavy atom. The predicted octanol–water partition coefficient (Wildman–Crippen LogP) is 3.06. The molecule has 0 rings (SSSR count). The highest BCUT2D eigenvalue weighted by Crippen LogP contribution is 2.05. The third-order valence-corrected chi connectivity index (χ3v) is 1.21. The topological polar surface area (TPSA) is 12.0 Å². The van der Waals surface area contributed by atoms with Crippen LogP contribution in [-0.4, -0.2) is 5.54 Å². The van der Waals surface area contributed by atoms with Crippen LogP contribution in [0.3, 0.4) is 0 Å². The van der Waals surface area contributed by atoms with Crippen LogP contribution in [0.5, 0.6) is 0 Å². The summed E-state index contributed by atoms with van der Waals surface area (Å²) in [4.78, 5) is 0. The summed E-state index contributed by atoms with van der Waals surface area (Å²) >= 11 is 0. The molecule has 0 aromatic carbocycles. The smallest absolute Gasteiger partial charge is 0.0478 e. The summed E-state index contributed by atoms with van der Waals surface area (Å²) in [6.45, 7) is 16.3. The number of allylic oxidation sites excluding steroid dienone is 2. The number of rotatable bonds is 3. The molecule has 1 N–H and O–H groups in total. The van der Waals surface area contributed by atoms with Gasteiger partial charge >= 0.3 is 0 Å². The van der Waals surface area contributed by atoms with Crippen molar-refractivity contribution in [1.82, 2.24) is 5.32 Å². The van der Waals surface area contributed by atoms with Gasteiger partial charge in [0.2, 0.25) is 0 Å². The Hall–Kier alpha value is -0.560. The van der Waals surface area contributed by atoms with Crippen molar-refractivity contribution in [2.45, 2.75) is 40.2 Å². The number of hydrogen-bond donors (Lipinski definition) is 1. The van der Waals surface area contributed by atoms with Crippen LogP contribution in [0, 0.1) is 6.54 Å². The molecule has 0 atom stereocenters. The van der Waals surface area contributed by atoms with Crippen LogP contribution in [0.2, 0.25) is 0 Å². The van der Waals surface area contributed by atoms with E-state index in [0.29, 0.717) is 0 Å². The fraction of sp³-hybridized carbons (Fsp3) is 0.545. The summed E-state index contributed by atoms with van der Waals surface area (Å²) < 4.78 is 0. The molecular formula is C11H20N. The Kier molecular flexibility index (Phi) is 4.25. The van der Waals surface area contributed by atoms with Crippen molar-refractivity contribution in [3.05, 3.63) is 30.3 Å². The molecule has 0 aromatic rings. The Labute approximate surface area is 76.6 Å². The normalized spacial score (nSPS) is 13.2. The molecule has 0 saturated heterocycles. The van der Waals surface area contributed by atoms with Crippen LogP contribution in [-0.2, 0) is 0 Å². The first kappa shape index (κ1) is 11.4. The van der Waals surface area contributed by atoms with Crippen molar-refractivity contribution in [3.63, 3.8) is 0 Å². The van der Waals surface area contributed by atoms with Gasteiger partial charge in [0.05, 0.1) is 0 Å². The molecule has 0 bridgehead atoms. The SMILES string of the molecule is C=C(C)C=C(C)[CH]NC(C)(C)C. The lowest BCUT2D eigenvalue weighted by Crippen LogP contribution is -2.33. The second-order valence-corrected chi connectivity index (χ2v) is 4.27. The van der Waals surface area contributed by atoms with E-state index in [2.05, 4.69) is 45.7 Å². The highest BCUT2D eigenvalue weighted by Gasteiger charge is 2.07. The second-order valence-electron chi connectivity index (χ2n) is 4.27. The fourth-order valence-corrected chi connectivity index (χ4v) is 0.761. The first-order valence-electron chi connectivity index (χ1n) is 4.26. The first-order valence-corrected chi connectivity index (χ1v) is 4.26. The Balaban J connectivity index is 3.87. The third-order valence-electron chi connectivity index (χ3n) is 1.21. The van der Waals surface area contributed by atoms with E-state index in [1.165, 1.54) is 5.57 Å². The predicted molar refractivity (Wildman–Crippen MR) is 55.8 cm³/mol. The lowest BCUT2D eigenvalue weighted by molar-refractivity contribution is 0.472. The molecule has 0 amide bonds. The molecule has 0 spiro atoms. The van der Waals surface area contributed by atoms with Crippen LogP contribution in [0.15, 0.2) is 23.8 Å². The minimum atomic E-state index is 0.143. The Morgan fingerprint density at radius 1 is 1.25 bits per heavy atom. The van der Waals surface area contributed by atoms with E-state index in [1.807, 2.05) is 13.5 Å². The summed E-state index contributed by atoms with van der Waals surface area (Å²) in [6.07, 6.45) is 2.05. The number of hydrogen-bond acceptors (Lipinski definition) is 1. The molecule has 1 nitrogen and oxygen atoms in total. The highest BCUT2D eigenvalue weighted by molar-refractivity contribution is 5.22. The molecule has 0 aromatic heterocycles. The van der Waals surface area contributed by atoms with Crippen LogP contribution in [0.1, 0.15) is 34.6 Å². The summed E-state index contributed by atoms with van der Waals surface area (Å²) in [5.41, 5.74) is 2.43. The van der Waals surface area contributed by atoms with Crippen LogP contribution in [0.25, 0.3) is 0 Å². The average Bonchev–Trinajstić information content (AvgIpc) is 1.80.